The number of esters is 6. The summed E-state index contributed by atoms with van der Waals surface area (Å²) in [6.07, 6.45) is 29.3. The molecule has 0 aromatic heterocycles. The van der Waals surface area contributed by atoms with Gasteiger partial charge in [-0.25, -0.2) is 28.8 Å². The zero-order valence-electron chi connectivity index (χ0n) is 44.4. The van der Waals surface area contributed by atoms with Crippen molar-refractivity contribution in [1.82, 2.24) is 0 Å². The van der Waals surface area contributed by atoms with Crippen LogP contribution in [-0.4, -0.2) is 49.0 Å². The van der Waals surface area contributed by atoms with E-state index in [0.717, 1.165) is 88.5 Å². The van der Waals surface area contributed by atoms with Gasteiger partial charge in [0.1, 0.15) is 23.0 Å². The first-order chi connectivity index (χ1) is 36.0. The molecule has 12 heteroatoms. The summed E-state index contributed by atoms with van der Waals surface area (Å²) in [5.74, 6) is -2.31. The van der Waals surface area contributed by atoms with Gasteiger partial charge in [0.05, 0.1) is 24.3 Å². The molecular weight excluding hydrogens is 937 g/mol. The van der Waals surface area contributed by atoms with E-state index >= 15 is 0 Å². The van der Waals surface area contributed by atoms with Crippen LogP contribution in [0.4, 0.5) is 0 Å². The SMILES string of the molecule is CCCCCCCOC(=O)c1ccc(OC(=O)C=CC(=O)Oc2ccc(C(=O)OCCCCCCC)cc2)cc1.CCCCCCCc1ccc(OC(=O)/C=C\C(=O)Oc2ccc(CCCCCCC)cc2)cc1. The van der Waals surface area contributed by atoms with Crippen LogP contribution in [0.2, 0.25) is 0 Å². The second-order valence-corrected chi connectivity index (χ2v) is 18.1. The van der Waals surface area contributed by atoms with E-state index in [4.69, 9.17) is 28.4 Å². The first-order valence-corrected chi connectivity index (χ1v) is 27.0. The van der Waals surface area contributed by atoms with E-state index in [9.17, 15) is 28.8 Å². The predicted octanol–water partition coefficient (Wildman–Crippen LogP) is 14.8. The Morgan fingerprint density at radius 1 is 0.311 bits per heavy atom. The van der Waals surface area contributed by atoms with Crippen molar-refractivity contribution in [3.8, 4) is 23.0 Å². The number of ether oxygens (including phenoxy) is 6. The molecule has 0 saturated heterocycles. The molecule has 4 aromatic rings. The zero-order valence-corrected chi connectivity index (χ0v) is 44.4. The van der Waals surface area contributed by atoms with Crippen LogP contribution in [0.15, 0.2) is 121 Å². The van der Waals surface area contributed by atoms with Crippen LogP contribution < -0.4 is 18.9 Å². The van der Waals surface area contributed by atoms with Gasteiger partial charge in [0.2, 0.25) is 0 Å². The Hall–Kier alpha value is -6.82. The van der Waals surface area contributed by atoms with E-state index in [0.29, 0.717) is 35.8 Å². The van der Waals surface area contributed by atoms with Crippen LogP contribution >= 0.6 is 0 Å². The van der Waals surface area contributed by atoms with Crippen LogP contribution in [0.25, 0.3) is 0 Å². The van der Waals surface area contributed by atoms with Crippen molar-refractivity contribution in [1.29, 1.82) is 0 Å². The molecule has 0 aliphatic carbocycles. The molecule has 0 aliphatic heterocycles. The lowest BCUT2D eigenvalue weighted by atomic mass is 10.1. The molecule has 12 nitrogen and oxygen atoms in total. The Balaban J connectivity index is 0.000000395. The lowest BCUT2D eigenvalue weighted by molar-refractivity contribution is -0.131. The molecule has 0 unspecified atom stereocenters. The highest BCUT2D eigenvalue weighted by Gasteiger charge is 2.12. The second-order valence-electron chi connectivity index (χ2n) is 18.1. The summed E-state index contributed by atoms with van der Waals surface area (Å²) in [4.78, 5) is 72.4. The van der Waals surface area contributed by atoms with Crippen molar-refractivity contribution in [3.63, 3.8) is 0 Å². The minimum atomic E-state index is -0.785. The number of unbranched alkanes of at least 4 members (excludes halogenated alkanes) is 16. The van der Waals surface area contributed by atoms with Gasteiger partial charge in [0.15, 0.2) is 0 Å². The van der Waals surface area contributed by atoms with Crippen LogP contribution in [0.1, 0.15) is 188 Å². The summed E-state index contributed by atoms with van der Waals surface area (Å²) >= 11 is 0. The standard InChI is InChI=1S/C32H40O8.C30H40O4/c1-3-5-7-9-11-23-37-31(35)25-13-17-27(18-14-25)39-29(33)21-22-30(34)40-28-19-15-26(16-20-28)32(36)38-24-12-10-8-6-4-2;1-3-5-7-9-11-13-25-15-19-27(20-16-25)33-29(31)23-24-30(32)34-28-21-17-26(18-22-28)14-12-10-8-6-4-2/h13-22H,3-12,23-24H2,1-2H3;15-24H,3-14H2,1-2H3/b;24-23-. The van der Waals surface area contributed by atoms with E-state index in [2.05, 4.69) is 27.7 Å². The summed E-state index contributed by atoms with van der Waals surface area (Å²) in [7, 11) is 0. The quantitative estimate of drug-likeness (QED) is 0.0189. The van der Waals surface area contributed by atoms with E-state index in [-0.39, 0.29) is 11.5 Å². The van der Waals surface area contributed by atoms with Crippen molar-refractivity contribution in [3.05, 3.63) is 144 Å². The van der Waals surface area contributed by atoms with E-state index in [1.165, 1.54) is 137 Å². The highest BCUT2D eigenvalue weighted by Crippen LogP contribution is 2.19. The van der Waals surface area contributed by atoms with Gasteiger partial charge in [-0.15, -0.1) is 0 Å². The van der Waals surface area contributed by atoms with E-state index < -0.39 is 35.8 Å². The molecule has 4 aromatic carbocycles. The molecule has 0 saturated carbocycles. The minimum Gasteiger partial charge on any atom is -0.462 e. The van der Waals surface area contributed by atoms with Crippen LogP contribution in [0.3, 0.4) is 0 Å². The third kappa shape index (κ3) is 28.4. The summed E-state index contributed by atoms with van der Waals surface area (Å²) < 4.78 is 31.4. The fourth-order valence-corrected chi connectivity index (χ4v) is 7.41. The first kappa shape index (κ1) is 61.5. The van der Waals surface area contributed by atoms with Crippen molar-refractivity contribution in [2.24, 2.45) is 0 Å². The molecule has 0 aliphatic rings. The molecule has 400 valence electrons. The number of carbonyl (C=O) groups excluding carboxylic acids is 6. The molecule has 0 bridgehead atoms. The van der Waals surface area contributed by atoms with Crippen LogP contribution in [0.5, 0.6) is 23.0 Å². The van der Waals surface area contributed by atoms with E-state index in [1.54, 1.807) is 24.3 Å². The number of hydrogen-bond acceptors (Lipinski definition) is 12. The molecule has 0 radical (unpaired) electrons. The molecule has 0 atom stereocenters. The topological polar surface area (TPSA) is 158 Å². The van der Waals surface area contributed by atoms with Gasteiger partial charge < -0.3 is 28.4 Å². The van der Waals surface area contributed by atoms with Crippen LogP contribution in [-0.2, 0) is 41.5 Å². The summed E-state index contributed by atoms with van der Waals surface area (Å²) in [6, 6.07) is 27.0. The molecular formula is C62H80O12. The average molecular weight is 1020 g/mol. The van der Waals surface area contributed by atoms with Crippen molar-refractivity contribution in [2.75, 3.05) is 13.2 Å². The monoisotopic (exact) mass is 1020 g/mol. The van der Waals surface area contributed by atoms with Gasteiger partial charge in [0, 0.05) is 24.3 Å². The lowest BCUT2D eigenvalue weighted by Gasteiger charge is -2.06. The number of aryl methyl sites for hydroxylation is 2. The molecule has 0 fully saturated rings. The highest BCUT2D eigenvalue weighted by atomic mass is 16.6. The van der Waals surface area contributed by atoms with Gasteiger partial charge in [-0.3, -0.25) is 0 Å². The molecule has 0 N–H and O–H groups in total. The van der Waals surface area contributed by atoms with Gasteiger partial charge in [-0.1, -0.05) is 155 Å². The predicted molar refractivity (Wildman–Crippen MR) is 290 cm³/mol. The Morgan fingerprint density at radius 3 is 0.824 bits per heavy atom. The average Bonchev–Trinajstić information content (AvgIpc) is 3.40. The fraction of sp³-hybridized carbons (Fsp3) is 0.452. The van der Waals surface area contributed by atoms with Gasteiger partial charge >= 0.3 is 35.8 Å². The van der Waals surface area contributed by atoms with Gasteiger partial charge in [-0.2, -0.15) is 0 Å². The second kappa shape index (κ2) is 38.8. The summed E-state index contributed by atoms with van der Waals surface area (Å²) in [5.41, 5.74) is 3.18. The largest absolute Gasteiger partial charge is 0.462 e. The molecule has 0 spiro atoms. The first-order valence-electron chi connectivity index (χ1n) is 27.0. The fourth-order valence-electron chi connectivity index (χ4n) is 7.41. The molecule has 0 amide bonds. The van der Waals surface area contributed by atoms with Gasteiger partial charge in [-0.05, 0) is 122 Å². The normalized spacial score (nSPS) is 10.9. The number of rotatable bonds is 34. The summed E-state index contributed by atoms with van der Waals surface area (Å²) in [6.45, 7) is 9.46. The van der Waals surface area contributed by atoms with Crippen molar-refractivity contribution in [2.45, 2.75) is 169 Å². The Bertz CT molecular complexity index is 2120. The molecule has 74 heavy (non-hydrogen) atoms. The Labute approximate surface area is 440 Å². The third-order valence-corrected chi connectivity index (χ3v) is 11.7. The highest BCUT2D eigenvalue weighted by molar-refractivity contribution is 5.95. The minimum absolute atomic E-state index is 0.211. The summed E-state index contributed by atoms with van der Waals surface area (Å²) in [5, 5.41) is 0. The smallest absolute Gasteiger partial charge is 0.338 e. The molecule has 0 heterocycles. The Morgan fingerprint density at radius 2 is 0.554 bits per heavy atom. The molecule has 4 rings (SSSR count). The lowest BCUT2D eigenvalue weighted by Crippen LogP contribution is -2.09. The van der Waals surface area contributed by atoms with Crippen molar-refractivity contribution < 1.29 is 57.2 Å². The maximum atomic E-state index is 12.1. The van der Waals surface area contributed by atoms with Crippen molar-refractivity contribution >= 4 is 35.8 Å². The Kier molecular flexibility index (Phi) is 32.2. The number of benzene rings is 4. The van der Waals surface area contributed by atoms with Crippen LogP contribution in [0, 0.1) is 0 Å². The number of hydrogen-bond donors (Lipinski definition) is 0. The maximum Gasteiger partial charge on any atom is 0.338 e. The van der Waals surface area contributed by atoms with E-state index in [1.807, 2.05) is 24.3 Å². The third-order valence-electron chi connectivity index (χ3n) is 11.7. The zero-order chi connectivity index (χ0) is 53.4. The number of carbonyl (C=O) groups is 6. The van der Waals surface area contributed by atoms with Gasteiger partial charge in [0.25, 0.3) is 0 Å². The maximum absolute atomic E-state index is 12.1.